The Hall–Kier alpha value is -6.64. The Morgan fingerprint density at radius 3 is 1.06 bits per heavy atom. The highest BCUT2D eigenvalue weighted by atomic mass is 15.1. The molecule has 0 radical (unpaired) electrons. The molecule has 0 unspecified atom stereocenters. The zero-order chi connectivity index (χ0) is 43.1. The predicted molar refractivity (Wildman–Crippen MR) is 268 cm³/mol. The van der Waals surface area contributed by atoms with Gasteiger partial charge in [0, 0.05) is 38.6 Å². The lowest BCUT2D eigenvalue weighted by atomic mass is 9.80. The number of benzene rings is 8. The van der Waals surface area contributed by atoms with E-state index in [4.69, 9.17) is 0 Å². The number of hydrogen-bond acceptors (Lipinski definition) is 1. The summed E-state index contributed by atoms with van der Waals surface area (Å²) in [6.07, 6.45) is 0. The second-order valence-electron chi connectivity index (χ2n) is 20.4. The van der Waals surface area contributed by atoms with Crippen LogP contribution >= 0.6 is 0 Å². The van der Waals surface area contributed by atoms with Gasteiger partial charge in [0.1, 0.15) is 0 Å². The van der Waals surface area contributed by atoms with E-state index >= 15 is 0 Å². The number of aromatic nitrogens is 1. The first kappa shape index (κ1) is 39.5. The Labute approximate surface area is 367 Å². The van der Waals surface area contributed by atoms with E-state index in [1.165, 1.54) is 93.9 Å². The van der Waals surface area contributed by atoms with E-state index in [-0.39, 0.29) is 16.2 Å². The van der Waals surface area contributed by atoms with Crippen LogP contribution in [0.15, 0.2) is 176 Å². The van der Waals surface area contributed by atoms with E-state index in [2.05, 4.69) is 248 Å². The van der Waals surface area contributed by atoms with Crippen LogP contribution in [-0.4, -0.2) is 4.40 Å². The molecule has 62 heavy (non-hydrogen) atoms. The molecule has 0 amide bonds. The van der Waals surface area contributed by atoms with Crippen molar-refractivity contribution in [3.8, 4) is 33.4 Å². The Balaban J connectivity index is 1.02. The number of nitrogens with zero attached hydrogens (tertiary/aromatic N) is 2. The Kier molecular flexibility index (Phi) is 9.23. The minimum absolute atomic E-state index is 0.00629. The van der Waals surface area contributed by atoms with Gasteiger partial charge in [-0.3, -0.25) is 0 Å². The smallest absolute Gasteiger partial charge is 0.0620 e. The lowest BCUT2D eigenvalue weighted by Crippen LogP contribution is -2.19. The molecule has 0 aliphatic carbocycles. The topological polar surface area (TPSA) is 7.65 Å². The average Bonchev–Trinajstić information content (AvgIpc) is 3.78. The first-order valence-electron chi connectivity index (χ1n) is 22.2. The van der Waals surface area contributed by atoms with Gasteiger partial charge in [0.15, 0.2) is 0 Å². The van der Waals surface area contributed by atoms with Crippen molar-refractivity contribution >= 4 is 55.2 Å². The summed E-state index contributed by atoms with van der Waals surface area (Å²) in [5.74, 6) is 0. The van der Waals surface area contributed by atoms with Gasteiger partial charge in [-0.05, 0) is 127 Å². The van der Waals surface area contributed by atoms with Crippen molar-refractivity contribution in [3.63, 3.8) is 0 Å². The van der Waals surface area contributed by atoms with Crippen molar-refractivity contribution in [2.45, 2.75) is 78.6 Å². The van der Waals surface area contributed by atoms with E-state index in [0.29, 0.717) is 0 Å². The molecule has 2 nitrogen and oxygen atoms in total. The van der Waals surface area contributed by atoms with E-state index in [0.717, 1.165) is 11.4 Å². The highest BCUT2D eigenvalue weighted by Gasteiger charge is 2.24. The van der Waals surface area contributed by atoms with Gasteiger partial charge in [-0.1, -0.05) is 178 Å². The Morgan fingerprint density at radius 1 is 0.306 bits per heavy atom. The summed E-state index contributed by atoms with van der Waals surface area (Å²) in [4.78, 5) is 2.43. The maximum Gasteiger partial charge on any atom is 0.0620 e. The monoisotopic (exact) mass is 804 g/mol. The third-order valence-electron chi connectivity index (χ3n) is 13.0. The minimum Gasteiger partial charge on any atom is -0.310 e. The van der Waals surface area contributed by atoms with Gasteiger partial charge < -0.3 is 9.30 Å². The maximum atomic E-state index is 2.44. The summed E-state index contributed by atoms with van der Waals surface area (Å²) in [5, 5.41) is 5.21. The lowest BCUT2D eigenvalue weighted by Gasteiger charge is -2.31. The molecule has 0 spiro atoms. The molecule has 306 valence electrons. The number of hydrogen-bond donors (Lipinski definition) is 0. The molecular weight excluding hydrogens is 749 g/mol. The summed E-state index contributed by atoms with van der Waals surface area (Å²) in [6, 6.07) is 66.0. The van der Waals surface area contributed by atoms with E-state index < -0.39 is 0 Å². The fourth-order valence-corrected chi connectivity index (χ4v) is 9.29. The van der Waals surface area contributed by atoms with Crippen LogP contribution < -0.4 is 4.90 Å². The number of fused-ring (bicyclic) bond motifs is 6. The largest absolute Gasteiger partial charge is 0.310 e. The molecule has 0 N–H and O–H groups in total. The summed E-state index contributed by atoms with van der Waals surface area (Å²) in [5.41, 5.74) is 18.7. The first-order chi connectivity index (χ1) is 29.6. The predicted octanol–water partition coefficient (Wildman–Crippen LogP) is 17.2. The standard InChI is InChI=1S/C60H56N2/c1-58(2,3)45-28-22-40(23-29-45)42-26-32-49(33-27-42)61(50-37-46(59(4,5)6)36-47(38-50)60(7,8)9)48-30-24-41(25-31-48)39-18-20-43(21-19-39)44-34-53-51-14-10-12-16-55(51)62-56-17-13-11-15-52(56)54(35-44)57(53)62/h10-38H,1-9H3. The van der Waals surface area contributed by atoms with E-state index in [1.54, 1.807) is 0 Å². The molecular formula is C60H56N2. The summed E-state index contributed by atoms with van der Waals surface area (Å²) < 4.78 is 2.44. The third kappa shape index (κ3) is 6.92. The molecule has 0 aliphatic rings. The zero-order valence-electron chi connectivity index (χ0n) is 37.6. The zero-order valence-corrected chi connectivity index (χ0v) is 37.6. The third-order valence-corrected chi connectivity index (χ3v) is 13.0. The summed E-state index contributed by atoms with van der Waals surface area (Å²) in [7, 11) is 0. The highest BCUT2D eigenvalue weighted by molar-refractivity contribution is 6.24. The fourth-order valence-electron chi connectivity index (χ4n) is 9.29. The summed E-state index contributed by atoms with van der Waals surface area (Å²) >= 11 is 0. The van der Waals surface area contributed by atoms with Crippen molar-refractivity contribution in [3.05, 3.63) is 193 Å². The maximum absolute atomic E-state index is 2.44. The normalized spacial score (nSPS) is 12.6. The molecule has 0 bridgehead atoms. The van der Waals surface area contributed by atoms with Crippen molar-refractivity contribution in [2.24, 2.45) is 0 Å². The van der Waals surface area contributed by atoms with Crippen LogP contribution in [-0.2, 0) is 16.2 Å². The molecule has 2 heterocycles. The van der Waals surface area contributed by atoms with Crippen LogP contribution in [0.3, 0.4) is 0 Å². The molecule has 2 heteroatoms. The van der Waals surface area contributed by atoms with Crippen LogP contribution in [0.1, 0.15) is 79.0 Å². The number of rotatable bonds is 6. The van der Waals surface area contributed by atoms with Crippen LogP contribution in [0.2, 0.25) is 0 Å². The van der Waals surface area contributed by atoms with Crippen LogP contribution in [0.5, 0.6) is 0 Å². The number of para-hydroxylation sites is 2. The van der Waals surface area contributed by atoms with Crippen molar-refractivity contribution in [1.82, 2.24) is 4.40 Å². The van der Waals surface area contributed by atoms with Crippen LogP contribution in [0.25, 0.3) is 71.5 Å². The fraction of sp³-hybridized carbons (Fsp3) is 0.200. The van der Waals surface area contributed by atoms with E-state index in [1.807, 2.05) is 0 Å². The molecule has 0 fully saturated rings. The van der Waals surface area contributed by atoms with Gasteiger partial charge >= 0.3 is 0 Å². The molecule has 0 atom stereocenters. The quantitative estimate of drug-likeness (QED) is 0.162. The number of anilines is 3. The van der Waals surface area contributed by atoms with Crippen molar-refractivity contribution < 1.29 is 0 Å². The molecule has 0 aliphatic heterocycles. The van der Waals surface area contributed by atoms with Gasteiger partial charge in [0.25, 0.3) is 0 Å². The molecule has 8 aromatic carbocycles. The van der Waals surface area contributed by atoms with Crippen molar-refractivity contribution in [1.29, 1.82) is 0 Å². The molecule has 2 aromatic heterocycles. The Bertz CT molecular complexity index is 3120. The second-order valence-corrected chi connectivity index (χ2v) is 20.4. The van der Waals surface area contributed by atoms with Gasteiger partial charge in [-0.25, -0.2) is 0 Å². The molecule has 0 saturated heterocycles. The first-order valence-corrected chi connectivity index (χ1v) is 22.2. The SMILES string of the molecule is CC(C)(C)c1ccc(-c2ccc(N(c3ccc(-c4ccc(-c5cc6c7ccccc7n7c8ccccc8c(c5)c67)cc4)cc3)c3cc(C(C)(C)C)cc(C(C)(C)C)c3)cc2)cc1. The Morgan fingerprint density at radius 2 is 0.661 bits per heavy atom. The van der Waals surface area contributed by atoms with Gasteiger partial charge in [0.2, 0.25) is 0 Å². The minimum atomic E-state index is -0.00629. The average molecular weight is 805 g/mol. The molecule has 10 rings (SSSR count). The van der Waals surface area contributed by atoms with Crippen LogP contribution in [0, 0.1) is 0 Å². The molecule has 10 aromatic rings. The second kappa shape index (κ2) is 14.5. The van der Waals surface area contributed by atoms with Gasteiger partial charge in [-0.15, -0.1) is 0 Å². The summed E-state index contributed by atoms with van der Waals surface area (Å²) in [6.45, 7) is 20.7. The van der Waals surface area contributed by atoms with E-state index in [9.17, 15) is 0 Å². The van der Waals surface area contributed by atoms with Crippen molar-refractivity contribution in [2.75, 3.05) is 4.90 Å². The van der Waals surface area contributed by atoms with Crippen LogP contribution in [0.4, 0.5) is 17.1 Å². The molecule has 0 saturated carbocycles. The van der Waals surface area contributed by atoms with Gasteiger partial charge in [0.05, 0.1) is 16.6 Å². The van der Waals surface area contributed by atoms with Gasteiger partial charge in [-0.2, -0.15) is 0 Å². The highest BCUT2D eigenvalue weighted by Crippen LogP contribution is 2.44. The lowest BCUT2D eigenvalue weighted by molar-refractivity contribution is 0.569.